The topological polar surface area (TPSA) is 3.88 Å². The largest absolute Gasteiger partial charge is 0.213 e. The van der Waals surface area contributed by atoms with E-state index in [0.717, 1.165) is 0 Å². The SMILES string of the molecule is Cc1ccccc1-c1cc(-c2ccc3c(c2)C(C)(C)c2ccccc2C3C)cc[n+]1C. The second-order valence-corrected chi connectivity index (χ2v) is 9.46. The van der Waals surface area contributed by atoms with Gasteiger partial charge in [-0.2, -0.15) is 0 Å². The monoisotopic (exact) mass is 404 g/mol. The van der Waals surface area contributed by atoms with Gasteiger partial charge in [0, 0.05) is 29.0 Å². The summed E-state index contributed by atoms with van der Waals surface area (Å²) in [6.07, 6.45) is 2.18. The number of fused-ring (bicyclic) bond motifs is 2. The van der Waals surface area contributed by atoms with Gasteiger partial charge in [0.15, 0.2) is 6.20 Å². The molecule has 1 aliphatic rings. The summed E-state index contributed by atoms with van der Waals surface area (Å²) in [6, 6.07) is 29.2. The van der Waals surface area contributed by atoms with E-state index in [-0.39, 0.29) is 5.41 Å². The minimum Gasteiger partial charge on any atom is -0.201 e. The first-order chi connectivity index (χ1) is 14.9. The van der Waals surface area contributed by atoms with Crippen LogP contribution in [0.2, 0.25) is 0 Å². The van der Waals surface area contributed by atoms with E-state index in [1.165, 1.54) is 50.2 Å². The van der Waals surface area contributed by atoms with Crippen molar-refractivity contribution in [1.82, 2.24) is 0 Å². The van der Waals surface area contributed by atoms with Gasteiger partial charge in [0.05, 0.1) is 0 Å². The second-order valence-electron chi connectivity index (χ2n) is 9.46. The third-order valence-corrected chi connectivity index (χ3v) is 7.20. The molecular formula is C30H30N+. The van der Waals surface area contributed by atoms with E-state index in [1.807, 2.05) is 0 Å². The van der Waals surface area contributed by atoms with Gasteiger partial charge in [-0.05, 0) is 58.0 Å². The van der Waals surface area contributed by atoms with E-state index in [9.17, 15) is 0 Å². The van der Waals surface area contributed by atoms with Crippen molar-refractivity contribution in [1.29, 1.82) is 0 Å². The Hall–Kier alpha value is -3.19. The number of nitrogens with zero attached hydrogens (tertiary/aromatic N) is 1. The van der Waals surface area contributed by atoms with Crippen molar-refractivity contribution in [3.05, 3.63) is 113 Å². The molecule has 0 N–H and O–H groups in total. The van der Waals surface area contributed by atoms with Gasteiger partial charge in [0.25, 0.3) is 0 Å². The Bertz CT molecular complexity index is 1300. The average Bonchev–Trinajstić information content (AvgIpc) is 2.78. The predicted molar refractivity (Wildman–Crippen MR) is 129 cm³/mol. The lowest BCUT2D eigenvalue weighted by atomic mass is 9.65. The molecule has 0 bridgehead atoms. The van der Waals surface area contributed by atoms with Gasteiger partial charge in [-0.3, -0.25) is 0 Å². The van der Waals surface area contributed by atoms with E-state index >= 15 is 0 Å². The molecule has 0 radical (unpaired) electrons. The fourth-order valence-electron chi connectivity index (χ4n) is 5.29. The molecule has 0 aliphatic heterocycles. The Labute approximate surface area is 186 Å². The Morgan fingerprint density at radius 2 is 1.42 bits per heavy atom. The number of aryl methyl sites for hydroxylation is 2. The molecule has 1 heteroatoms. The highest BCUT2D eigenvalue weighted by atomic mass is 14.9. The first-order valence-electron chi connectivity index (χ1n) is 11.2. The van der Waals surface area contributed by atoms with E-state index in [2.05, 4.69) is 124 Å². The lowest BCUT2D eigenvalue weighted by Gasteiger charge is -2.38. The minimum absolute atomic E-state index is 0.00720. The molecule has 1 atom stereocenters. The molecule has 1 unspecified atom stereocenters. The van der Waals surface area contributed by atoms with Crippen LogP contribution in [-0.2, 0) is 12.5 Å². The number of benzene rings is 3. The third kappa shape index (κ3) is 3.11. The molecule has 0 amide bonds. The van der Waals surface area contributed by atoms with Crippen LogP contribution in [-0.4, -0.2) is 0 Å². The maximum absolute atomic E-state index is 2.43. The fourth-order valence-corrected chi connectivity index (χ4v) is 5.29. The number of hydrogen-bond acceptors (Lipinski definition) is 0. The van der Waals surface area contributed by atoms with Crippen LogP contribution in [0.25, 0.3) is 22.4 Å². The van der Waals surface area contributed by atoms with Gasteiger partial charge in [-0.15, -0.1) is 0 Å². The van der Waals surface area contributed by atoms with Crippen molar-refractivity contribution in [3.63, 3.8) is 0 Å². The number of aromatic nitrogens is 1. The second kappa shape index (κ2) is 7.20. The molecule has 1 heterocycles. The van der Waals surface area contributed by atoms with Crippen LogP contribution < -0.4 is 4.57 Å². The Kier molecular flexibility index (Phi) is 4.59. The van der Waals surface area contributed by atoms with Crippen LogP contribution in [0, 0.1) is 6.92 Å². The highest BCUT2D eigenvalue weighted by Gasteiger charge is 2.35. The first kappa shape index (κ1) is 19.8. The van der Waals surface area contributed by atoms with Crippen molar-refractivity contribution in [2.45, 2.75) is 39.0 Å². The van der Waals surface area contributed by atoms with Crippen molar-refractivity contribution in [3.8, 4) is 22.4 Å². The molecule has 4 aromatic rings. The molecule has 0 spiro atoms. The van der Waals surface area contributed by atoms with Crippen LogP contribution in [0.5, 0.6) is 0 Å². The number of rotatable bonds is 2. The van der Waals surface area contributed by atoms with E-state index in [0.29, 0.717) is 5.92 Å². The van der Waals surface area contributed by atoms with Crippen molar-refractivity contribution in [2.24, 2.45) is 7.05 Å². The zero-order valence-corrected chi connectivity index (χ0v) is 19.1. The lowest BCUT2D eigenvalue weighted by molar-refractivity contribution is -0.660. The summed E-state index contributed by atoms with van der Waals surface area (Å²) in [5.74, 6) is 0.421. The van der Waals surface area contributed by atoms with Gasteiger partial charge in [0.2, 0.25) is 5.69 Å². The smallest absolute Gasteiger partial charge is 0.201 e. The van der Waals surface area contributed by atoms with Gasteiger partial charge in [-0.25, -0.2) is 4.57 Å². The molecule has 0 saturated carbocycles. The summed E-state index contributed by atoms with van der Waals surface area (Å²) >= 11 is 0. The van der Waals surface area contributed by atoms with Gasteiger partial charge < -0.3 is 0 Å². The van der Waals surface area contributed by atoms with Crippen LogP contribution in [0.4, 0.5) is 0 Å². The normalized spacial score (nSPS) is 16.5. The summed E-state index contributed by atoms with van der Waals surface area (Å²) in [5, 5.41) is 0. The van der Waals surface area contributed by atoms with E-state index in [1.54, 1.807) is 0 Å². The first-order valence-corrected chi connectivity index (χ1v) is 11.2. The lowest BCUT2D eigenvalue weighted by Crippen LogP contribution is -2.30. The Morgan fingerprint density at radius 3 is 2.23 bits per heavy atom. The van der Waals surface area contributed by atoms with Crippen LogP contribution in [0.1, 0.15) is 54.5 Å². The Morgan fingerprint density at radius 1 is 0.742 bits per heavy atom. The summed E-state index contributed by atoms with van der Waals surface area (Å²) in [7, 11) is 2.13. The zero-order valence-electron chi connectivity index (χ0n) is 19.1. The molecule has 1 nitrogen and oxygen atoms in total. The molecule has 1 aliphatic carbocycles. The molecule has 31 heavy (non-hydrogen) atoms. The number of hydrogen-bond donors (Lipinski definition) is 0. The van der Waals surface area contributed by atoms with Gasteiger partial charge in [0.1, 0.15) is 7.05 Å². The van der Waals surface area contributed by atoms with Crippen LogP contribution in [0.15, 0.2) is 85.1 Å². The standard InChI is InChI=1S/C30H30N/c1-20-10-6-7-11-24(20)29-19-23(16-17-31(29)5)22-14-15-26-21(2)25-12-8-9-13-27(25)30(3,4)28(26)18-22/h6-19,21H,1-5H3/q+1. The van der Waals surface area contributed by atoms with E-state index in [4.69, 9.17) is 0 Å². The Balaban J connectivity index is 1.65. The summed E-state index contributed by atoms with van der Waals surface area (Å²) < 4.78 is 2.21. The van der Waals surface area contributed by atoms with Gasteiger partial charge in [-0.1, -0.05) is 75.4 Å². The van der Waals surface area contributed by atoms with Gasteiger partial charge >= 0.3 is 0 Å². The molecule has 5 rings (SSSR count). The maximum Gasteiger partial charge on any atom is 0.213 e. The average molecular weight is 405 g/mol. The van der Waals surface area contributed by atoms with E-state index < -0.39 is 0 Å². The van der Waals surface area contributed by atoms with Crippen molar-refractivity contribution in [2.75, 3.05) is 0 Å². The molecule has 0 saturated heterocycles. The highest BCUT2D eigenvalue weighted by molar-refractivity contribution is 5.72. The van der Waals surface area contributed by atoms with Crippen molar-refractivity contribution < 1.29 is 4.57 Å². The molecule has 3 aromatic carbocycles. The van der Waals surface area contributed by atoms with Crippen molar-refractivity contribution >= 4 is 0 Å². The van der Waals surface area contributed by atoms with Crippen LogP contribution in [0.3, 0.4) is 0 Å². The predicted octanol–water partition coefficient (Wildman–Crippen LogP) is 6.94. The summed E-state index contributed by atoms with van der Waals surface area (Å²) in [5.41, 5.74) is 12.2. The van der Waals surface area contributed by atoms with Crippen LogP contribution >= 0.6 is 0 Å². The highest BCUT2D eigenvalue weighted by Crippen LogP contribution is 2.47. The minimum atomic E-state index is -0.00720. The molecular weight excluding hydrogens is 374 g/mol. The summed E-state index contributed by atoms with van der Waals surface area (Å²) in [6.45, 7) is 9.25. The maximum atomic E-state index is 2.43. The zero-order chi connectivity index (χ0) is 21.8. The molecule has 1 aromatic heterocycles. The quantitative estimate of drug-likeness (QED) is 0.318. The fraction of sp³-hybridized carbons (Fsp3) is 0.233. The summed E-state index contributed by atoms with van der Waals surface area (Å²) in [4.78, 5) is 0. The number of pyridine rings is 1. The third-order valence-electron chi connectivity index (χ3n) is 7.20. The molecule has 0 fully saturated rings. The molecule has 154 valence electrons.